The molecule has 20 heavy (non-hydrogen) atoms. The van der Waals surface area contributed by atoms with E-state index in [0.717, 1.165) is 17.9 Å². The van der Waals surface area contributed by atoms with E-state index in [2.05, 4.69) is 15.6 Å². The molecule has 0 aliphatic carbocycles. The van der Waals surface area contributed by atoms with Crippen molar-refractivity contribution < 1.29 is 4.79 Å². The van der Waals surface area contributed by atoms with E-state index in [1.807, 2.05) is 50.2 Å². The van der Waals surface area contributed by atoms with E-state index in [1.54, 1.807) is 6.07 Å². The van der Waals surface area contributed by atoms with Gasteiger partial charge in [-0.25, -0.2) is 4.98 Å². The van der Waals surface area contributed by atoms with E-state index in [0.29, 0.717) is 12.2 Å². The number of pyridine rings is 1. The largest absolute Gasteiger partial charge is 0.370 e. The summed E-state index contributed by atoms with van der Waals surface area (Å²) in [6.07, 6.45) is 0. The molecule has 0 aliphatic rings. The summed E-state index contributed by atoms with van der Waals surface area (Å²) in [5.41, 5.74) is 2.71. The Balaban J connectivity index is 1.97. The van der Waals surface area contributed by atoms with Gasteiger partial charge in [0, 0.05) is 13.1 Å². The second-order valence-electron chi connectivity index (χ2n) is 4.61. The van der Waals surface area contributed by atoms with E-state index >= 15 is 0 Å². The van der Waals surface area contributed by atoms with Crippen LogP contribution in [0.1, 0.15) is 28.5 Å². The molecule has 2 rings (SSSR count). The van der Waals surface area contributed by atoms with Crippen LogP contribution in [0.5, 0.6) is 0 Å². The normalized spacial score (nSPS) is 10.1. The number of nitrogens with zero attached hydrogens (tertiary/aromatic N) is 1. The summed E-state index contributed by atoms with van der Waals surface area (Å²) in [5, 5.41) is 5.97. The average Bonchev–Trinajstić information content (AvgIpc) is 2.47. The number of aryl methyl sites for hydroxylation is 1. The van der Waals surface area contributed by atoms with Crippen LogP contribution >= 0.6 is 0 Å². The zero-order valence-corrected chi connectivity index (χ0v) is 11.8. The zero-order chi connectivity index (χ0) is 14.4. The molecule has 2 aromatic rings. The van der Waals surface area contributed by atoms with Crippen molar-refractivity contribution in [2.24, 2.45) is 0 Å². The summed E-state index contributed by atoms with van der Waals surface area (Å²) in [7, 11) is 0. The Hall–Kier alpha value is -2.36. The number of hydrogen-bond acceptors (Lipinski definition) is 3. The van der Waals surface area contributed by atoms with Crippen LogP contribution in [0, 0.1) is 6.92 Å². The van der Waals surface area contributed by atoms with Gasteiger partial charge in [-0.2, -0.15) is 0 Å². The summed E-state index contributed by atoms with van der Waals surface area (Å²) in [4.78, 5) is 16.3. The smallest absolute Gasteiger partial charge is 0.270 e. The van der Waals surface area contributed by atoms with Gasteiger partial charge in [-0.15, -0.1) is 0 Å². The fourth-order valence-electron chi connectivity index (χ4n) is 1.82. The Morgan fingerprint density at radius 3 is 2.60 bits per heavy atom. The van der Waals surface area contributed by atoms with Gasteiger partial charge in [0.2, 0.25) is 0 Å². The monoisotopic (exact) mass is 269 g/mol. The fraction of sp³-hybridized carbons (Fsp3) is 0.250. The molecule has 1 aromatic carbocycles. The standard InChI is InChI=1S/C16H19N3O/c1-3-17-15-6-4-5-14(19-15)16(20)18-11-13-9-7-12(2)8-10-13/h4-10H,3,11H2,1-2H3,(H,17,19)(H,18,20). The summed E-state index contributed by atoms with van der Waals surface area (Å²) in [6.45, 7) is 5.32. The predicted octanol–water partition coefficient (Wildman–Crippen LogP) is 2.75. The lowest BCUT2D eigenvalue weighted by Crippen LogP contribution is -2.24. The van der Waals surface area contributed by atoms with Gasteiger partial charge in [-0.3, -0.25) is 4.79 Å². The summed E-state index contributed by atoms with van der Waals surface area (Å²) in [6, 6.07) is 13.5. The Morgan fingerprint density at radius 1 is 1.15 bits per heavy atom. The van der Waals surface area contributed by atoms with Gasteiger partial charge < -0.3 is 10.6 Å². The number of anilines is 1. The molecule has 0 unspecified atom stereocenters. The lowest BCUT2D eigenvalue weighted by atomic mass is 10.1. The van der Waals surface area contributed by atoms with Crippen LogP contribution in [0.25, 0.3) is 0 Å². The highest BCUT2D eigenvalue weighted by Gasteiger charge is 2.07. The molecular weight excluding hydrogens is 250 g/mol. The second kappa shape index (κ2) is 6.70. The third-order valence-corrected chi connectivity index (χ3v) is 2.91. The number of aromatic nitrogens is 1. The molecule has 0 saturated carbocycles. The number of carbonyl (C=O) groups is 1. The Kier molecular flexibility index (Phi) is 4.71. The lowest BCUT2D eigenvalue weighted by molar-refractivity contribution is 0.0946. The van der Waals surface area contributed by atoms with Gasteiger partial charge >= 0.3 is 0 Å². The van der Waals surface area contributed by atoms with Crippen LogP contribution in [-0.2, 0) is 6.54 Å². The minimum Gasteiger partial charge on any atom is -0.370 e. The lowest BCUT2D eigenvalue weighted by Gasteiger charge is -2.07. The fourth-order valence-corrected chi connectivity index (χ4v) is 1.82. The first-order chi connectivity index (χ1) is 9.69. The molecule has 104 valence electrons. The van der Waals surface area contributed by atoms with Crippen LogP contribution in [-0.4, -0.2) is 17.4 Å². The minimum absolute atomic E-state index is 0.162. The van der Waals surface area contributed by atoms with Crippen molar-refractivity contribution in [3.05, 3.63) is 59.3 Å². The first-order valence-electron chi connectivity index (χ1n) is 6.73. The molecule has 0 atom stereocenters. The van der Waals surface area contributed by atoms with Crippen LogP contribution < -0.4 is 10.6 Å². The molecule has 1 aromatic heterocycles. The van der Waals surface area contributed by atoms with Gasteiger partial charge in [-0.05, 0) is 31.5 Å². The maximum atomic E-state index is 12.0. The first-order valence-corrected chi connectivity index (χ1v) is 6.73. The van der Waals surface area contributed by atoms with E-state index in [4.69, 9.17) is 0 Å². The van der Waals surface area contributed by atoms with Gasteiger partial charge in [0.1, 0.15) is 11.5 Å². The zero-order valence-electron chi connectivity index (χ0n) is 11.8. The molecule has 0 spiro atoms. The van der Waals surface area contributed by atoms with E-state index in [9.17, 15) is 4.79 Å². The van der Waals surface area contributed by atoms with E-state index in [-0.39, 0.29) is 5.91 Å². The molecule has 0 aliphatic heterocycles. The molecule has 2 N–H and O–H groups in total. The number of hydrogen-bond donors (Lipinski definition) is 2. The first kappa shape index (κ1) is 14.1. The van der Waals surface area contributed by atoms with Gasteiger partial charge in [-0.1, -0.05) is 35.9 Å². The Labute approximate surface area is 119 Å². The van der Waals surface area contributed by atoms with Crippen LogP contribution in [0.3, 0.4) is 0 Å². The molecule has 1 heterocycles. The number of amides is 1. The van der Waals surface area contributed by atoms with Crippen molar-refractivity contribution in [1.29, 1.82) is 0 Å². The molecular formula is C16H19N3O. The second-order valence-corrected chi connectivity index (χ2v) is 4.61. The summed E-state index contributed by atoms with van der Waals surface area (Å²) in [5.74, 6) is 0.556. The molecule has 0 fully saturated rings. The van der Waals surface area contributed by atoms with E-state index in [1.165, 1.54) is 5.56 Å². The van der Waals surface area contributed by atoms with Crippen LogP contribution in [0.4, 0.5) is 5.82 Å². The van der Waals surface area contributed by atoms with Crippen molar-refractivity contribution in [2.75, 3.05) is 11.9 Å². The molecule has 1 amide bonds. The topological polar surface area (TPSA) is 54.0 Å². The highest BCUT2D eigenvalue weighted by atomic mass is 16.1. The Morgan fingerprint density at radius 2 is 1.90 bits per heavy atom. The van der Waals surface area contributed by atoms with Gasteiger partial charge in [0.05, 0.1) is 0 Å². The van der Waals surface area contributed by atoms with E-state index < -0.39 is 0 Å². The number of rotatable bonds is 5. The third-order valence-electron chi connectivity index (χ3n) is 2.91. The van der Waals surface area contributed by atoms with Crippen molar-refractivity contribution >= 4 is 11.7 Å². The number of carbonyl (C=O) groups excluding carboxylic acids is 1. The molecule has 0 saturated heterocycles. The van der Waals surface area contributed by atoms with Crippen molar-refractivity contribution in [1.82, 2.24) is 10.3 Å². The highest BCUT2D eigenvalue weighted by molar-refractivity contribution is 5.92. The quantitative estimate of drug-likeness (QED) is 0.877. The Bertz CT molecular complexity index is 579. The SMILES string of the molecule is CCNc1cccc(C(=O)NCc2ccc(C)cc2)n1. The molecule has 4 nitrogen and oxygen atoms in total. The van der Waals surface area contributed by atoms with Crippen LogP contribution in [0.2, 0.25) is 0 Å². The maximum absolute atomic E-state index is 12.0. The number of nitrogens with one attached hydrogen (secondary N) is 2. The third kappa shape index (κ3) is 3.82. The highest BCUT2D eigenvalue weighted by Crippen LogP contribution is 2.06. The van der Waals surface area contributed by atoms with Gasteiger partial charge in [0.15, 0.2) is 0 Å². The average molecular weight is 269 g/mol. The summed E-state index contributed by atoms with van der Waals surface area (Å²) < 4.78 is 0. The maximum Gasteiger partial charge on any atom is 0.270 e. The van der Waals surface area contributed by atoms with Crippen molar-refractivity contribution in [2.45, 2.75) is 20.4 Å². The van der Waals surface area contributed by atoms with Crippen molar-refractivity contribution in [3.8, 4) is 0 Å². The molecule has 4 heteroatoms. The predicted molar refractivity (Wildman–Crippen MR) is 80.7 cm³/mol. The summed E-state index contributed by atoms with van der Waals surface area (Å²) >= 11 is 0. The van der Waals surface area contributed by atoms with Crippen LogP contribution in [0.15, 0.2) is 42.5 Å². The molecule has 0 bridgehead atoms. The molecule has 0 radical (unpaired) electrons. The van der Waals surface area contributed by atoms with Gasteiger partial charge in [0.25, 0.3) is 5.91 Å². The minimum atomic E-state index is -0.162. The van der Waals surface area contributed by atoms with Crippen molar-refractivity contribution in [3.63, 3.8) is 0 Å². The number of benzene rings is 1.